The first-order chi connectivity index (χ1) is 10.2. The molecule has 1 fully saturated rings. The van der Waals surface area contributed by atoms with Gasteiger partial charge in [0.25, 0.3) is 0 Å². The SMILES string of the molecule is O=C(O)C1CCC(Nc2nnnn2-c2ccccc2)CC1. The molecule has 1 aliphatic rings. The Labute approximate surface area is 122 Å². The molecule has 7 heteroatoms. The summed E-state index contributed by atoms with van der Waals surface area (Å²) in [7, 11) is 0. The van der Waals surface area contributed by atoms with Gasteiger partial charge in [-0.3, -0.25) is 4.79 Å². The Hall–Kier alpha value is -2.44. The lowest BCUT2D eigenvalue weighted by molar-refractivity contribution is -0.142. The summed E-state index contributed by atoms with van der Waals surface area (Å²) in [6.07, 6.45) is 3.02. The number of hydrogen-bond donors (Lipinski definition) is 2. The van der Waals surface area contributed by atoms with Crippen LogP contribution in [0.3, 0.4) is 0 Å². The fourth-order valence-electron chi connectivity index (χ4n) is 2.69. The van der Waals surface area contributed by atoms with Gasteiger partial charge in [0.2, 0.25) is 5.95 Å². The first kappa shape index (κ1) is 13.5. The van der Waals surface area contributed by atoms with Crippen LogP contribution in [0.1, 0.15) is 25.7 Å². The molecule has 0 aliphatic heterocycles. The summed E-state index contributed by atoms with van der Waals surface area (Å²) >= 11 is 0. The van der Waals surface area contributed by atoms with Gasteiger partial charge in [0, 0.05) is 6.04 Å². The molecule has 0 bridgehead atoms. The zero-order valence-electron chi connectivity index (χ0n) is 11.5. The molecule has 0 radical (unpaired) electrons. The van der Waals surface area contributed by atoms with E-state index in [1.807, 2.05) is 30.3 Å². The summed E-state index contributed by atoms with van der Waals surface area (Å²) in [5.41, 5.74) is 0.893. The van der Waals surface area contributed by atoms with Crippen LogP contribution in [0.5, 0.6) is 0 Å². The average Bonchev–Trinajstić information content (AvgIpc) is 2.97. The van der Waals surface area contributed by atoms with Crippen molar-refractivity contribution in [2.24, 2.45) is 5.92 Å². The fraction of sp³-hybridized carbons (Fsp3) is 0.429. The molecule has 1 aliphatic carbocycles. The van der Waals surface area contributed by atoms with Gasteiger partial charge in [-0.15, -0.1) is 0 Å². The topological polar surface area (TPSA) is 92.9 Å². The Kier molecular flexibility index (Phi) is 3.81. The maximum absolute atomic E-state index is 11.0. The normalized spacial score (nSPS) is 21.9. The molecule has 0 spiro atoms. The third-order valence-electron chi connectivity index (χ3n) is 3.88. The highest BCUT2D eigenvalue weighted by atomic mass is 16.4. The number of carbonyl (C=O) groups is 1. The molecule has 3 rings (SSSR count). The van der Waals surface area contributed by atoms with Crippen molar-refractivity contribution in [1.29, 1.82) is 0 Å². The Morgan fingerprint density at radius 1 is 1.19 bits per heavy atom. The van der Waals surface area contributed by atoms with E-state index >= 15 is 0 Å². The second-order valence-corrected chi connectivity index (χ2v) is 5.28. The van der Waals surface area contributed by atoms with Gasteiger partial charge in [0.15, 0.2) is 0 Å². The van der Waals surface area contributed by atoms with Crippen LogP contribution in [0.4, 0.5) is 5.95 Å². The first-order valence-corrected chi connectivity index (χ1v) is 7.07. The Morgan fingerprint density at radius 2 is 1.90 bits per heavy atom. The monoisotopic (exact) mass is 287 g/mol. The molecule has 0 atom stereocenters. The number of carboxylic acid groups (broad SMARTS) is 1. The predicted molar refractivity (Wildman–Crippen MR) is 76.2 cm³/mol. The molecule has 7 nitrogen and oxygen atoms in total. The third kappa shape index (κ3) is 3.01. The molecular formula is C14H17N5O2. The van der Waals surface area contributed by atoms with Crippen molar-refractivity contribution in [3.8, 4) is 5.69 Å². The van der Waals surface area contributed by atoms with Gasteiger partial charge in [-0.05, 0) is 48.2 Å². The van der Waals surface area contributed by atoms with Crippen molar-refractivity contribution in [3.05, 3.63) is 30.3 Å². The van der Waals surface area contributed by atoms with Crippen molar-refractivity contribution >= 4 is 11.9 Å². The number of carboxylic acids is 1. The smallest absolute Gasteiger partial charge is 0.306 e. The van der Waals surface area contributed by atoms with E-state index < -0.39 is 5.97 Å². The van der Waals surface area contributed by atoms with E-state index in [0.29, 0.717) is 18.8 Å². The van der Waals surface area contributed by atoms with E-state index in [2.05, 4.69) is 20.8 Å². The quantitative estimate of drug-likeness (QED) is 0.889. The number of benzene rings is 1. The summed E-state index contributed by atoms with van der Waals surface area (Å²) in [6.45, 7) is 0. The molecule has 2 aromatic rings. The van der Waals surface area contributed by atoms with Gasteiger partial charge < -0.3 is 10.4 Å². The van der Waals surface area contributed by atoms with Crippen molar-refractivity contribution in [1.82, 2.24) is 20.2 Å². The number of aromatic nitrogens is 4. The van der Waals surface area contributed by atoms with Crippen LogP contribution in [-0.4, -0.2) is 37.3 Å². The van der Waals surface area contributed by atoms with E-state index in [1.54, 1.807) is 4.68 Å². The summed E-state index contributed by atoms with van der Waals surface area (Å²) in [5.74, 6) is -0.310. The molecule has 0 saturated heterocycles. The minimum Gasteiger partial charge on any atom is -0.481 e. The highest BCUT2D eigenvalue weighted by molar-refractivity contribution is 5.70. The van der Waals surface area contributed by atoms with Gasteiger partial charge in [-0.2, -0.15) is 4.68 Å². The molecular weight excluding hydrogens is 270 g/mol. The molecule has 1 heterocycles. The summed E-state index contributed by atoms with van der Waals surface area (Å²) in [4.78, 5) is 11.0. The maximum atomic E-state index is 11.0. The second-order valence-electron chi connectivity index (χ2n) is 5.28. The van der Waals surface area contributed by atoms with Gasteiger partial charge in [-0.1, -0.05) is 23.3 Å². The van der Waals surface area contributed by atoms with Crippen LogP contribution >= 0.6 is 0 Å². The number of para-hydroxylation sites is 1. The highest BCUT2D eigenvalue weighted by Gasteiger charge is 2.26. The first-order valence-electron chi connectivity index (χ1n) is 7.07. The van der Waals surface area contributed by atoms with Crippen LogP contribution in [0.15, 0.2) is 30.3 Å². The van der Waals surface area contributed by atoms with Crippen LogP contribution in [0.25, 0.3) is 5.69 Å². The van der Waals surface area contributed by atoms with Crippen LogP contribution in [0, 0.1) is 5.92 Å². The number of hydrogen-bond acceptors (Lipinski definition) is 5. The highest BCUT2D eigenvalue weighted by Crippen LogP contribution is 2.26. The lowest BCUT2D eigenvalue weighted by Gasteiger charge is -2.26. The molecule has 1 aromatic heterocycles. The standard InChI is InChI=1S/C14H17N5O2/c20-13(21)10-6-8-11(9-7-10)15-14-16-17-18-19(14)12-4-2-1-3-5-12/h1-5,10-11H,6-9H2,(H,20,21)(H,15,16,18). The second kappa shape index (κ2) is 5.90. The summed E-state index contributed by atoms with van der Waals surface area (Å²) in [5, 5.41) is 24.1. The van der Waals surface area contributed by atoms with E-state index in [9.17, 15) is 4.79 Å². The van der Waals surface area contributed by atoms with Crippen LogP contribution in [0.2, 0.25) is 0 Å². The number of nitrogens with one attached hydrogen (secondary N) is 1. The van der Waals surface area contributed by atoms with Crippen molar-refractivity contribution in [3.63, 3.8) is 0 Å². The molecule has 2 N–H and O–H groups in total. The number of nitrogens with zero attached hydrogens (tertiary/aromatic N) is 4. The Morgan fingerprint density at radius 3 is 2.57 bits per heavy atom. The summed E-state index contributed by atoms with van der Waals surface area (Å²) < 4.78 is 1.66. The van der Waals surface area contributed by atoms with Crippen LogP contribution < -0.4 is 5.32 Å². The molecule has 1 aromatic carbocycles. The third-order valence-corrected chi connectivity index (χ3v) is 3.88. The zero-order chi connectivity index (χ0) is 14.7. The predicted octanol–water partition coefficient (Wildman–Crippen LogP) is 1.72. The zero-order valence-corrected chi connectivity index (χ0v) is 11.5. The molecule has 110 valence electrons. The maximum Gasteiger partial charge on any atom is 0.306 e. The Balaban J connectivity index is 1.67. The summed E-state index contributed by atoms with van der Waals surface area (Å²) in [6, 6.07) is 9.88. The molecule has 1 saturated carbocycles. The van der Waals surface area contributed by atoms with Crippen molar-refractivity contribution < 1.29 is 9.90 Å². The van der Waals surface area contributed by atoms with Gasteiger partial charge in [-0.25, -0.2) is 0 Å². The van der Waals surface area contributed by atoms with Crippen molar-refractivity contribution in [2.45, 2.75) is 31.7 Å². The molecule has 0 unspecified atom stereocenters. The van der Waals surface area contributed by atoms with Gasteiger partial charge in [0.05, 0.1) is 11.6 Å². The lowest BCUT2D eigenvalue weighted by Crippen LogP contribution is -2.30. The minimum atomic E-state index is -0.692. The Bertz CT molecular complexity index is 605. The number of aliphatic carboxylic acids is 1. The van der Waals surface area contributed by atoms with Gasteiger partial charge in [0.1, 0.15) is 0 Å². The number of rotatable bonds is 4. The average molecular weight is 287 g/mol. The van der Waals surface area contributed by atoms with Crippen LogP contribution in [-0.2, 0) is 4.79 Å². The molecule has 0 amide bonds. The fourth-order valence-corrected chi connectivity index (χ4v) is 2.69. The van der Waals surface area contributed by atoms with E-state index in [-0.39, 0.29) is 12.0 Å². The molecule has 21 heavy (non-hydrogen) atoms. The number of anilines is 1. The minimum absolute atomic E-state index is 0.215. The van der Waals surface area contributed by atoms with E-state index in [0.717, 1.165) is 18.5 Å². The van der Waals surface area contributed by atoms with E-state index in [4.69, 9.17) is 5.11 Å². The largest absolute Gasteiger partial charge is 0.481 e. The van der Waals surface area contributed by atoms with Crippen molar-refractivity contribution in [2.75, 3.05) is 5.32 Å². The lowest BCUT2D eigenvalue weighted by atomic mass is 9.86. The van der Waals surface area contributed by atoms with Gasteiger partial charge >= 0.3 is 5.97 Å². The van der Waals surface area contributed by atoms with E-state index in [1.165, 1.54) is 0 Å². The number of tetrazole rings is 1.